The molecule has 1 aromatic carbocycles. The molecule has 0 heterocycles. The lowest BCUT2D eigenvalue weighted by molar-refractivity contribution is -0.141. The predicted molar refractivity (Wildman–Crippen MR) is 328 cm³/mol. The molecule has 486 valence electrons. The molecule has 0 fully saturated rings. The van der Waals surface area contributed by atoms with Gasteiger partial charge in [0, 0.05) is 19.5 Å². The first-order valence-electron chi connectivity index (χ1n) is 29.7. The van der Waals surface area contributed by atoms with Crippen LogP contribution in [0.1, 0.15) is 146 Å². The van der Waals surface area contributed by atoms with Crippen LogP contribution in [-0.4, -0.2) is 155 Å². The second kappa shape index (κ2) is 39.0. The molecule has 1 aromatic rings. The van der Waals surface area contributed by atoms with Gasteiger partial charge in [0.05, 0.1) is 12.6 Å². The van der Waals surface area contributed by atoms with E-state index in [-0.39, 0.29) is 118 Å². The SMILES string of the molecule is CC(C)C[C@H](NC(=O)[C@H](CC(C)C)NC(=O)[C@H](CC(C)C)NC(=O)[C@H](CCCN=C(N)N)NC(=O)[C@H](CC(C)C)NC(=O)[C@H](CC(C)C)NC(=O)[C@@H](NC(=O)[C@@H](N)CCCN=C(N)N)C(C)C)C(=O)NCC(=O)N[C@@H](Cc1ccc(O)cc1)C(=O)O. The van der Waals surface area contributed by atoms with Crippen LogP contribution in [0.25, 0.3) is 0 Å². The number of benzene rings is 1. The third-order valence-corrected chi connectivity index (χ3v) is 13.3. The summed E-state index contributed by atoms with van der Waals surface area (Å²) in [6.45, 7) is 21.3. The molecule has 0 aliphatic rings. The van der Waals surface area contributed by atoms with Crippen LogP contribution in [0.3, 0.4) is 0 Å². The van der Waals surface area contributed by atoms with E-state index in [2.05, 4.69) is 57.8 Å². The number of carboxylic acids is 1. The Balaban J connectivity index is 3.47. The largest absolute Gasteiger partial charge is 0.508 e. The number of nitrogens with two attached hydrogens (primary N) is 5. The number of phenols is 1. The number of aliphatic carboxylic acids is 1. The van der Waals surface area contributed by atoms with Crippen LogP contribution in [0.15, 0.2) is 34.3 Å². The molecule has 1 rings (SSSR count). The van der Waals surface area contributed by atoms with Crippen molar-refractivity contribution in [1.29, 1.82) is 0 Å². The Morgan fingerprint density at radius 3 is 1.15 bits per heavy atom. The van der Waals surface area contributed by atoms with Crippen LogP contribution in [0.4, 0.5) is 0 Å². The van der Waals surface area contributed by atoms with E-state index in [0.717, 1.165) is 0 Å². The first-order valence-corrected chi connectivity index (χ1v) is 29.7. The topological polar surface area (TPSA) is 474 Å². The highest BCUT2D eigenvalue weighted by Crippen LogP contribution is 2.16. The van der Waals surface area contributed by atoms with Crippen LogP contribution >= 0.6 is 0 Å². The number of hydrogen-bond acceptors (Lipinski definition) is 14. The fraction of sp³-hybridized carbons (Fsp3) is 0.690. The number of carboxylic acid groups (broad SMARTS) is 1. The summed E-state index contributed by atoms with van der Waals surface area (Å²) in [4.78, 5) is 145. The van der Waals surface area contributed by atoms with Gasteiger partial charge in [-0.3, -0.25) is 53.1 Å². The molecule has 21 N–H and O–H groups in total. The summed E-state index contributed by atoms with van der Waals surface area (Å²) in [5, 5.41) is 43.5. The minimum atomic E-state index is -1.36. The summed E-state index contributed by atoms with van der Waals surface area (Å²) >= 11 is 0. The number of phenolic OH excluding ortho intramolecular Hbond substituents is 1. The standard InChI is InChI=1S/C58H102N16O12/c1-30(2)23-40(49(78)66-29-46(76)67-45(56(85)86)28-36-17-19-37(75)20-18-36)69-52(81)43(26-33(7)8)72-53(82)42(25-32(5)6)70-50(79)39(16-14-22-65-58(62)63)68-51(80)41(24-31(3)4)71-54(83)44(27-34(9)10)73-55(84)47(35(11)12)74-48(77)38(59)15-13-21-64-57(60)61/h17-20,30-35,38-45,47,75H,13-16,21-29,59H2,1-12H3,(H,66,78)(H,67,76)(H,68,80)(H,69,81)(H,70,79)(H,71,83)(H,72,82)(H,73,84)(H,74,77)(H,85,86)(H4,60,61,64)(H4,62,63,65)/t38-,39-,40-,41-,42-,43-,44-,45-,47-/m0/s1. The zero-order valence-electron chi connectivity index (χ0n) is 52.4. The quantitative estimate of drug-likeness (QED) is 0.0220. The van der Waals surface area contributed by atoms with E-state index in [1.165, 1.54) is 24.3 Å². The van der Waals surface area contributed by atoms with Crippen LogP contribution in [0, 0.1) is 35.5 Å². The molecular weight excluding hydrogens is 1110 g/mol. The number of aromatic hydroxyl groups is 1. The second-order valence-corrected chi connectivity index (χ2v) is 24.3. The predicted octanol–water partition coefficient (Wildman–Crippen LogP) is -0.665. The Bertz CT molecular complexity index is 2430. The Morgan fingerprint density at radius 2 is 0.791 bits per heavy atom. The van der Waals surface area contributed by atoms with E-state index in [0.29, 0.717) is 12.0 Å². The van der Waals surface area contributed by atoms with Crippen molar-refractivity contribution in [1.82, 2.24) is 47.9 Å². The van der Waals surface area contributed by atoms with Gasteiger partial charge in [0.2, 0.25) is 53.2 Å². The van der Waals surface area contributed by atoms with Gasteiger partial charge in [-0.2, -0.15) is 0 Å². The molecule has 0 bridgehead atoms. The number of nitrogens with zero attached hydrogens (tertiary/aromatic N) is 2. The number of aliphatic imine (C=N–C) groups is 2. The lowest BCUT2D eigenvalue weighted by Gasteiger charge is -2.30. The number of carbonyl (C=O) groups excluding carboxylic acids is 9. The van der Waals surface area contributed by atoms with Gasteiger partial charge in [0.1, 0.15) is 54.1 Å². The highest BCUT2D eigenvalue weighted by molar-refractivity contribution is 5.98. The Kier molecular flexibility index (Phi) is 34.6. The number of rotatable bonds is 40. The van der Waals surface area contributed by atoms with Gasteiger partial charge >= 0.3 is 5.97 Å². The number of hydrogen-bond donors (Lipinski definition) is 16. The van der Waals surface area contributed by atoms with Crippen molar-refractivity contribution < 1.29 is 58.2 Å². The molecule has 9 amide bonds. The minimum absolute atomic E-state index is 0.0211. The van der Waals surface area contributed by atoms with Crippen LogP contribution in [-0.2, 0) is 54.4 Å². The fourth-order valence-electron chi connectivity index (χ4n) is 8.96. The molecule has 9 atom stereocenters. The first-order chi connectivity index (χ1) is 40.1. The number of carbonyl (C=O) groups is 10. The number of nitrogens with one attached hydrogen (secondary N) is 9. The lowest BCUT2D eigenvalue weighted by atomic mass is 9.97. The second-order valence-electron chi connectivity index (χ2n) is 24.3. The summed E-state index contributed by atoms with van der Waals surface area (Å²) < 4.78 is 0. The molecule has 28 nitrogen and oxygen atoms in total. The lowest BCUT2D eigenvalue weighted by Crippen LogP contribution is -2.61. The van der Waals surface area contributed by atoms with Crippen LogP contribution < -0.4 is 76.5 Å². The highest BCUT2D eigenvalue weighted by atomic mass is 16.4. The van der Waals surface area contributed by atoms with Gasteiger partial charge < -0.3 is 86.7 Å². The molecule has 0 aliphatic heterocycles. The summed E-state index contributed by atoms with van der Waals surface area (Å²) in [5.41, 5.74) is 28.6. The maximum atomic E-state index is 14.5. The normalized spacial score (nSPS) is 14.5. The molecule has 86 heavy (non-hydrogen) atoms. The zero-order chi connectivity index (χ0) is 65.5. The average molecular weight is 1220 g/mol. The molecule has 0 radical (unpaired) electrons. The summed E-state index contributed by atoms with van der Waals surface area (Å²) in [5.74, 6) is -9.44. The number of guanidine groups is 2. The van der Waals surface area contributed by atoms with Crippen molar-refractivity contribution in [2.24, 2.45) is 74.2 Å². The molecule has 0 saturated carbocycles. The van der Waals surface area contributed by atoms with E-state index >= 15 is 0 Å². The fourth-order valence-corrected chi connectivity index (χ4v) is 8.96. The average Bonchev–Trinajstić information content (AvgIpc) is 3.58. The van der Waals surface area contributed by atoms with Crippen molar-refractivity contribution in [2.75, 3.05) is 19.6 Å². The minimum Gasteiger partial charge on any atom is -0.508 e. The van der Waals surface area contributed by atoms with Gasteiger partial charge in [-0.15, -0.1) is 0 Å². The van der Waals surface area contributed by atoms with Crippen molar-refractivity contribution in [2.45, 2.75) is 202 Å². The van der Waals surface area contributed by atoms with Gasteiger partial charge in [0.25, 0.3) is 0 Å². The third-order valence-electron chi connectivity index (χ3n) is 13.3. The third kappa shape index (κ3) is 31.4. The smallest absolute Gasteiger partial charge is 0.326 e. The molecule has 28 heteroatoms. The Hall–Kier alpha value is -7.78. The van der Waals surface area contributed by atoms with Gasteiger partial charge in [0.15, 0.2) is 11.9 Å². The van der Waals surface area contributed by atoms with Crippen molar-refractivity contribution in [3.05, 3.63) is 29.8 Å². The van der Waals surface area contributed by atoms with E-state index in [4.69, 9.17) is 28.7 Å². The monoisotopic (exact) mass is 1210 g/mol. The van der Waals surface area contributed by atoms with Gasteiger partial charge in [-0.1, -0.05) is 95.2 Å². The van der Waals surface area contributed by atoms with Gasteiger partial charge in [-0.25, -0.2) is 4.79 Å². The van der Waals surface area contributed by atoms with E-state index in [1.54, 1.807) is 13.8 Å². The first kappa shape index (κ1) is 76.2. The summed E-state index contributed by atoms with van der Waals surface area (Å²) in [7, 11) is 0. The van der Waals surface area contributed by atoms with Gasteiger partial charge in [-0.05, 0) is 111 Å². The maximum absolute atomic E-state index is 14.5. The summed E-state index contributed by atoms with van der Waals surface area (Å²) in [6, 6.07) is -5.10. The van der Waals surface area contributed by atoms with E-state index in [9.17, 15) is 58.2 Å². The summed E-state index contributed by atoms with van der Waals surface area (Å²) in [6.07, 6.45) is 1.17. The maximum Gasteiger partial charge on any atom is 0.326 e. The molecule has 0 aromatic heterocycles. The molecular formula is C58H102N16O12. The zero-order valence-corrected chi connectivity index (χ0v) is 52.4. The molecule has 0 saturated heterocycles. The highest BCUT2D eigenvalue weighted by Gasteiger charge is 2.36. The van der Waals surface area contributed by atoms with Crippen molar-refractivity contribution in [3.63, 3.8) is 0 Å². The van der Waals surface area contributed by atoms with E-state index < -0.39 is 126 Å². The van der Waals surface area contributed by atoms with Crippen molar-refractivity contribution in [3.8, 4) is 5.75 Å². The Labute approximate surface area is 506 Å². The molecule has 0 unspecified atom stereocenters. The van der Waals surface area contributed by atoms with Crippen LogP contribution in [0.5, 0.6) is 5.75 Å². The van der Waals surface area contributed by atoms with E-state index in [1.807, 2.05) is 69.2 Å². The number of amides is 9. The molecule has 0 spiro atoms. The Morgan fingerprint density at radius 1 is 0.442 bits per heavy atom. The van der Waals surface area contributed by atoms with Crippen LogP contribution in [0.2, 0.25) is 0 Å². The van der Waals surface area contributed by atoms with Crippen molar-refractivity contribution >= 4 is 71.1 Å². The molecule has 0 aliphatic carbocycles.